The van der Waals surface area contributed by atoms with Gasteiger partial charge in [0.25, 0.3) is 5.91 Å². The van der Waals surface area contributed by atoms with Crippen molar-refractivity contribution >= 4 is 17.6 Å². The van der Waals surface area contributed by atoms with Crippen molar-refractivity contribution in [3.8, 4) is 0 Å². The molecule has 0 radical (unpaired) electrons. The molecule has 1 heterocycles. The van der Waals surface area contributed by atoms with Crippen molar-refractivity contribution in [1.29, 1.82) is 0 Å². The maximum absolute atomic E-state index is 12.5. The molecular weight excluding hydrogens is 314 g/mol. The van der Waals surface area contributed by atoms with Gasteiger partial charge in [0, 0.05) is 36.3 Å². The van der Waals surface area contributed by atoms with Crippen LogP contribution in [0.2, 0.25) is 0 Å². The van der Waals surface area contributed by atoms with E-state index in [0.717, 1.165) is 5.69 Å². The summed E-state index contributed by atoms with van der Waals surface area (Å²) < 4.78 is 0. The monoisotopic (exact) mass is 337 g/mol. The quantitative estimate of drug-likeness (QED) is 0.880. The van der Waals surface area contributed by atoms with Crippen molar-refractivity contribution in [1.82, 2.24) is 10.6 Å². The topological polar surface area (TPSA) is 61.4 Å². The van der Waals surface area contributed by atoms with Crippen molar-refractivity contribution in [3.05, 3.63) is 65.7 Å². The molecule has 3 amide bonds. The van der Waals surface area contributed by atoms with E-state index in [0.29, 0.717) is 18.7 Å². The van der Waals surface area contributed by atoms with Crippen molar-refractivity contribution in [2.75, 3.05) is 18.0 Å². The average Bonchev–Trinajstić information content (AvgIpc) is 3.07. The summed E-state index contributed by atoms with van der Waals surface area (Å²) in [5, 5.41) is 5.83. The molecule has 0 bridgehead atoms. The van der Waals surface area contributed by atoms with Gasteiger partial charge in [0.2, 0.25) is 0 Å². The molecule has 3 rings (SSSR count). The molecule has 1 aliphatic heterocycles. The molecule has 1 saturated heterocycles. The third-order valence-corrected chi connectivity index (χ3v) is 4.73. The molecule has 130 valence electrons. The van der Waals surface area contributed by atoms with Crippen LogP contribution in [0.15, 0.2) is 54.6 Å². The second-order valence-electron chi connectivity index (χ2n) is 6.39. The first-order chi connectivity index (χ1) is 12.1. The first-order valence-corrected chi connectivity index (χ1v) is 8.57. The fourth-order valence-corrected chi connectivity index (χ4v) is 2.97. The summed E-state index contributed by atoms with van der Waals surface area (Å²) in [7, 11) is 0. The Bertz CT molecular complexity index is 743. The van der Waals surface area contributed by atoms with E-state index in [1.165, 1.54) is 5.56 Å². The number of rotatable bonds is 5. The van der Waals surface area contributed by atoms with Gasteiger partial charge in [-0.3, -0.25) is 9.69 Å². The van der Waals surface area contributed by atoms with E-state index in [1.54, 1.807) is 17.0 Å². The largest absolute Gasteiger partial charge is 0.349 e. The van der Waals surface area contributed by atoms with Crippen LogP contribution in [0.3, 0.4) is 0 Å². The molecule has 5 nitrogen and oxygen atoms in total. The zero-order valence-corrected chi connectivity index (χ0v) is 14.5. The van der Waals surface area contributed by atoms with E-state index in [9.17, 15) is 9.59 Å². The van der Waals surface area contributed by atoms with Crippen LogP contribution in [0.1, 0.15) is 35.7 Å². The van der Waals surface area contributed by atoms with Crippen molar-refractivity contribution in [2.24, 2.45) is 0 Å². The lowest BCUT2D eigenvalue weighted by Crippen LogP contribution is -2.36. The number of carbonyl (C=O) groups excluding carboxylic acids is 2. The van der Waals surface area contributed by atoms with Gasteiger partial charge in [-0.15, -0.1) is 0 Å². The SMILES string of the molecule is C[C@@H](NC(=O)c1ccc(N2CCNC2=O)cc1)[C@@H](C)c1ccccc1. The number of hydrogen-bond acceptors (Lipinski definition) is 2. The molecular formula is C20H23N3O2. The molecule has 5 heteroatoms. The van der Waals surface area contributed by atoms with Crippen LogP contribution < -0.4 is 15.5 Å². The Hall–Kier alpha value is -2.82. The summed E-state index contributed by atoms with van der Waals surface area (Å²) in [6, 6.07) is 17.2. The lowest BCUT2D eigenvalue weighted by atomic mass is 9.94. The lowest BCUT2D eigenvalue weighted by Gasteiger charge is -2.22. The molecule has 1 aliphatic rings. The van der Waals surface area contributed by atoms with Crippen LogP contribution in [-0.4, -0.2) is 31.1 Å². The average molecular weight is 337 g/mol. The zero-order valence-electron chi connectivity index (χ0n) is 14.5. The minimum absolute atomic E-state index is 0.0129. The van der Waals surface area contributed by atoms with E-state index in [2.05, 4.69) is 29.7 Å². The van der Waals surface area contributed by atoms with Crippen molar-refractivity contribution in [2.45, 2.75) is 25.8 Å². The summed E-state index contributed by atoms with van der Waals surface area (Å²) >= 11 is 0. The molecule has 0 aromatic heterocycles. The van der Waals surface area contributed by atoms with Gasteiger partial charge in [-0.2, -0.15) is 0 Å². The highest BCUT2D eigenvalue weighted by atomic mass is 16.2. The van der Waals surface area contributed by atoms with Crippen molar-refractivity contribution in [3.63, 3.8) is 0 Å². The number of urea groups is 1. The Morgan fingerprint density at radius 1 is 1.08 bits per heavy atom. The van der Waals surface area contributed by atoms with Gasteiger partial charge < -0.3 is 10.6 Å². The van der Waals surface area contributed by atoms with Gasteiger partial charge in [-0.1, -0.05) is 37.3 Å². The summed E-state index contributed by atoms with van der Waals surface area (Å²) in [6.45, 7) is 5.42. The minimum Gasteiger partial charge on any atom is -0.349 e. The zero-order chi connectivity index (χ0) is 17.8. The maximum Gasteiger partial charge on any atom is 0.321 e. The normalized spacial score (nSPS) is 16.2. The molecule has 2 atom stereocenters. The highest BCUT2D eigenvalue weighted by Crippen LogP contribution is 2.20. The summed E-state index contributed by atoms with van der Waals surface area (Å²) in [6.07, 6.45) is 0. The second-order valence-corrected chi connectivity index (χ2v) is 6.39. The van der Waals surface area contributed by atoms with Crippen LogP contribution in [0.4, 0.5) is 10.5 Å². The number of hydrogen-bond donors (Lipinski definition) is 2. The van der Waals surface area contributed by atoms with E-state index >= 15 is 0 Å². The first kappa shape index (κ1) is 17.0. The fourth-order valence-electron chi connectivity index (χ4n) is 2.97. The number of benzene rings is 2. The minimum atomic E-state index is -0.104. The Morgan fingerprint density at radius 2 is 1.76 bits per heavy atom. The molecule has 0 saturated carbocycles. The molecule has 2 N–H and O–H groups in total. The number of amides is 3. The standard InChI is InChI=1S/C20H23N3O2/c1-14(16-6-4-3-5-7-16)15(2)22-19(24)17-8-10-18(11-9-17)23-13-12-21-20(23)25/h3-11,14-15H,12-13H2,1-2H3,(H,21,25)(H,22,24)/t14-,15-/m1/s1. The third kappa shape index (κ3) is 3.82. The van der Waals surface area contributed by atoms with E-state index in [-0.39, 0.29) is 23.9 Å². The van der Waals surface area contributed by atoms with Crippen LogP contribution >= 0.6 is 0 Å². The number of carbonyl (C=O) groups is 2. The van der Waals surface area contributed by atoms with E-state index in [1.807, 2.05) is 37.3 Å². The highest BCUT2D eigenvalue weighted by Gasteiger charge is 2.21. The summed E-state index contributed by atoms with van der Waals surface area (Å²) in [5.41, 5.74) is 2.60. The number of anilines is 1. The van der Waals surface area contributed by atoms with Crippen molar-refractivity contribution < 1.29 is 9.59 Å². The molecule has 0 aliphatic carbocycles. The highest BCUT2D eigenvalue weighted by molar-refractivity contribution is 5.97. The van der Waals surface area contributed by atoms with Gasteiger partial charge >= 0.3 is 6.03 Å². The third-order valence-electron chi connectivity index (χ3n) is 4.73. The Balaban J connectivity index is 1.64. The van der Waals surface area contributed by atoms with Gasteiger partial charge in [0.15, 0.2) is 0 Å². The number of nitrogens with one attached hydrogen (secondary N) is 2. The predicted octanol–water partition coefficient (Wildman–Crippen LogP) is 3.14. The van der Waals surface area contributed by atoms with Crippen LogP contribution in [-0.2, 0) is 0 Å². The molecule has 2 aromatic carbocycles. The van der Waals surface area contributed by atoms with E-state index < -0.39 is 0 Å². The molecule has 0 spiro atoms. The van der Waals surface area contributed by atoms with Crippen LogP contribution in [0, 0.1) is 0 Å². The Kier molecular flexibility index (Phi) is 5.03. The predicted molar refractivity (Wildman–Crippen MR) is 99.0 cm³/mol. The Morgan fingerprint density at radius 3 is 2.36 bits per heavy atom. The molecule has 1 fully saturated rings. The van der Waals surface area contributed by atoms with Gasteiger partial charge in [-0.05, 0) is 36.8 Å². The molecule has 0 unspecified atom stereocenters. The lowest BCUT2D eigenvalue weighted by molar-refractivity contribution is 0.0935. The van der Waals surface area contributed by atoms with Gasteiger partial charge in [-0.25, -0.2) is 4.79 Å². The fraction of sp³-hybridized carbons (Fsp3) is 0.300. The van der Waals surface area contributed by atoms with Gasteiger partial charge in [0.05, 0.1) is 0 Å². The van der Waals surface area contributed by atoms with Crippen LogP contribution in [0.25, 0.3) is 0 Å². The van der Waals surface area contributed by atoms with E-state index in [4.69, 9.17) is 0 Å². The summed E-state index contributed by atoms with van der Waals surface area (Å²) in [4.78, 5) is 25.8. The molecule has 25 heavy (non-hydrogen) atoms. The van der Waals surface area contributed by atoms with Gasteiger partial charge in [0.1, 0.15) is 0 Å². The first-order valence-electron chi connectivity index (χ1n) is 8.57. The second kappa shape index (κ2) is 7.38. The molecule has 2 aromatic rings. The maximum atomic E-state index is 12.5. The number of nitrogens with zero attached hydrogens (tertiary/aromatic N) is 1. The summed E-state index contributed by atoms with van der Waals surface area (Å²) in [5.74, 6) is 0.116. The smallest absolute Gasteiger partial charge is 0.321 e. The Labute approximate surface area is 148 Å². The van der Waals surface area contributed by atoms with Crippen LogP contribution in [0.5, 0.6) is 0 Å².